The van der Waals surface area contributed by atoms with Crippen LogP contribution in [0.25, 0.3) is 10.9 Å². The van der Waals surface area contributed by atoms with Crippen LogP contribution in [-0.4, -0.2) is 50.0 Å². The van der Waals surface area contributed by atoms with E-state index in [1.54, 1.807) is 6.20 Å². The molecular weight excluding hydrogens is 332 g/mol. The summed E-state index contributed by atoms with van der Waals surface area (Å²) in [4.78, 5) is 33.3. The molecule has 1 fully saturated rings. The van der Waals surface area contributed by atoms with Crippen molar-refractivity contribution in [2.75, 3.05) is 13.1 Å². The number of fused-ring (bicyclic) bond motifs is 1. The lowest BCUT2D eigenvalue weighted by Crippen LogP contribution is -2.29. The fourth-order valence-corrected chi connectivity index (χ4v) is 3.34. The van der Waals surface area contributed by atoms with Crippen LogP contribution in [0.3, 0.4) is 0 Å². The molecule has 1 saturated heterocycles. The van der Waals surface area contributed by atoms with Gasteiger partial charge in [-0.1, -0.05) is 18.2 Å². The average Bonchev–Trinajstić information content (AvgIpc) is 3.37. The van der Waals surface area contributed by atoms with Crippen LogP contribution in [0.15, 0.2) is 30.5 Å². The second-order valence-corrected chi connectivity index (χ2v) is 6.56. The van der Waals surface area contributed by atoms with E-state index in [1.807, 2.05) is 29.2 Å². The van der Waals surface area contributed by atoms with Crippen molar-refractivity contribution in [2.45, 2.75) is 25.8 Å². The van der Waals surface area contributed by atoms with E-state index >= 15 is 0 Å². The zero-order valence-electron chi connectivity index (χ0n) is 14.5. The minimum atomic E-state index is -0.0787. The predicted molar refractivity (Wildman–Crippen MR) is 95.5 cm³/mol. The van der Waals surface area contributed by atoms with Gasteiger partial charge in [0.2, 0.25) is 5.91 Å². The van der Waals surface area contributed by atoms with Crippen molar-refractivity contribution in [3.8, 4) is 0 Å². The summed E-state index contributed by atoms with van der Waals surface area (Å²) in [6.07, 6.45) is 2.58. The average molecular weight is 352 g/mol. The van der Waals surface area contributed by atoms with E-state index in [0.717, 1.165) is 28.8 Å². The number of nitrogens with one attached hydrogen (secondary N) is 3. The summed E-state index contributed by atoms with van der Waals surface area (Å²) in [5, 5.41) is 10.7. The fraction of sp³-hybridized carbons (Fsp3) is 0.333. The van der Waals surface area contributed by atoms with Gasteiger partial charge < -0.3 is 15.2 Å². The van der Waals surface area contributed by atoms with Crippen LogP contribution < -0.4 is 5.32 Å². The van der Waals surface area contributed by atoms with Crippen LogP contribution in [0.5, 0.6) is 0 Å². The zero-order valence-corrected chi connectivity index (χ0v) is 14.5. The van der Waals surface area contributed by atoms with Gasteiger partial charge in [0.15, 0.2) is 5.69 Å². The lowest BCUT2D eigenvalue weighted by atomic mass is 10.1. The molecule has 3 heterocycles. The van der Waals surface area contributed by atoms with Crippen LogP contribution in [0, 0.1) is 0 Å². The molecule has 26 heavy (non-hydrogen) atoms. The number of para-hydroxylation sites is 1. The molecular formula is C18H20N6O2. The molecule has 1 atom stereocenters. The molecule has 4 rings (SSSR count). The highest BCUT2D eigenvalue weighted by Gasteiger charge is 2.31. The topological polar surface area (TPSA) is 107 Å². The molecule has 8 heteroatoms. The number of rotatable bonds is 4. The molecule has 134 valence electrons. The van der Waals surface area contributed by atoms with Gasteiger partial charge in [-0.3, -0.25) is 14.7 Å². The molecule has 3 N–H and O–H groups in total. The lowest BCUT2D eigenvalue weighted by molar-refractivity contribution is -0.119. The Morgan fingerprint density at radius 1 is 1.35 bits per heavy atom. The molecule has 0 bridgehead atoms. The van der Waals surface area contributed by atoms with Crippen molar-refractivity contribution in [3.63, 3.8) is 0 Å². The first-order chi connectivity index (χ1) is 12.6. The van der Waals surface area contributed by atoms with Crippen molar-refractivity contribution in [1.29, 1.82) is 0 Å². The number of amides is 2. The molecule has 0 saturated carbocycles. The van der Waals surface area contributed by atoms with Gasteiger partial charge in [-0.2, -0.15) is 5.10 Å². The maximum absolute atomic E-state index is 12.8. The first kappa shape index (κ1) is 16.3. The molecule has 3 aromatic rings. The molecule has 0 aliphatic carbocycles. The Morgan fingerprint density at radius 3 is 3.04 bits per heavy atom. The quantitative estimate of drug-likeness (QED) is 0.662. The van der Waals surface area contributed by atoms with Gasteiger partial charge in [0.25, 0.3) is 5.91 Å². The summed E-state index contributed by atoms with van der Waals surface area (Å²) in [5.41, 5.74) is 2.19. The van der Waals surface area contributed by atoms with Gasteiger partial charge in [0.05, 0.1) is 24.0 Å². The Balaban J connectivity index is 1.45. The number of hydrogen-bond donors (Lipinski definition) is 3. The molecule has 1 aliphatic rings. The van der Waals surface area contributed by atoms with Crippen molar-refractivity contribution < 1.29 is 9.59 Å². The summed E-state index contributed by atoms with van der Waals surface area (Å²) in [7, 11) is 0. The van der Waals surface area contributed by atoms with E-state index in [-0.39, 0.29) is 17.7 Å². The second-order valence-electron chi connectivity index (χ2n) is 6.56. The van der Waals surface area contributed by atoms with E-state index in [4.69, 9.17) is 0 Å². The number of benzene rings is 1. The monoisotopic (exact) mass is 352 g/mol. The number of carbonyl (C=O) groups is 2. The number of carbonyl (C=O) groups excluding carboxylic acids is 2. The Hall–Kier alpha value is -3.16. The lowest BCUT2D eigenvalue weighted by Gasteiger charge is -2.14. The highest BCUT2D eigenvalue weighted by molar-refractivity contribution is 6.04. The largest absolute Gasteiger partial charge is 0.351 e. The van der Waals surface area contributed by atoms with Gasteiger partial charge >= 0.3 is 0 Å². The molecule has 2 amide bonds. The Kier molecular flexibility index (Phi) is 4.16. The molecule has 1 unspecified atom stereocenters. The van der Waals surface area contributed by atoms with E-state index in [9.17, 15) is 9.59 Å². The van der Waals surface area contributed by atoms with Crippen molar-refractivity contribution in [3.05, 3.63) is 47.7 Å². The third-order valence-corrected chi connectivity index (χ3v) is 4.71. The summed E-state index contributed by atoms with van der Waals surface area (Å²) < 4.78 is 0. The third kappa shape index (κ3) is 3.05. The molecule has 0 radical (unpaired) electrons. The normalized spacial score (nSPS) is 17.0. The minimum absolute atomic E-state index is 0.0602. The van der Waals surface area contributed by atoms with E-state index in [2.05, 4.69) is 25.5 Å². The van der Waals surface area contributed by atoms with Crippen LogP contribution >= 0.6 is 0 Å². The highest BCUT2D eigenvalue weighted by Crippen LogP contribution is 2.27. The maximum atomic E-state index is 12.8. The third-order valence-electron chi connectivity index (χ3n) is 4.71. The number of H-pyrrole nitrogens is 2. The van der Waals surface area contributed by atoms with Crippen LogP contribution in [0.1, 0.15) is 41.3 Å². The van der Waals surface area contributed by atoms with Crippen LogP contribution in [0.2, 0.25) is 0 Å². The number of aromatic amines is 2. The van der Waals surface area contributed by atoms with Crippen molar-refractivity contribution in [2.24, 2.45) is 0 Å². The molecule has 0 spiro atoms. The van der Waals surface area contributed by atoms with Crippen molar-refractivity contribution in [1.82, 2.24) is 30.4 Å². The molecule has 1 aliphatic heterocycles. The maximum Gasteiger partial charge on any atom is 0.275 e. The number of aromatic nitrogens is 4. The van der Waals surface area contributed by atoms with E-state index in [0.29, 0.717) is 25.3 Å². The van der Waals surface area contributed by atoms with Gasteiger partial charge in [0, 0.05) is 31.3 Å². The number of nitrogens with zero attached hydrogens (tertiary/aromatic N) is 3. The fourth-order valence-electron chi connectivity index (χ4n) is 3.34. The summed E-state index contributed by atoms with van der Waals surface area (Å²) in [6, 6.07) is 7.63. The van der Waals surface area contributed by atoms with Gasteiger partial charge in [-0.25, -0.2) is 4.98 Å². The van der Waals surface area contributed by atoms with E-state index < -0.39 is 0 Å². The number of hydrogen-bond acceptors (Lipinski definition) is 4. The predicted octanol–water partition coefficient (Wildman–Crippen LogP) is 1.55. The van der Waals surface area contributed by atoms with Crippen LogP contribution in [0.4, 0.5) is 0 Å². The Bertz CT molecular complexity index is 959. The summed E-state index contributed by atoms with van der Waals surface area (Å²) >= 11 is 0. The SMILES string of the molecule is CC(=O)NCc1cnc(C2CCN(C(=O)c3n[nH]c4ccccc34)C2)[nH]1. The van der Waals surface area contributed by atoms with Crippen molar-refractivity contribution >= 4 is 22.7 Å². The zero-order chi connectivity index (χ0) is 18.1. The first-order valence-electron chi connectivity index (χ1n) is 8.62. The highest BCUT2D eigenvalue weighted by atomic mass is 16.2. The molecule has 2 aromatic heterocycles. The minimum Gasteiger partial charge on any atom is -0.351 e. The Labute approximate surface area is 150 Å². The van der Waals surface area contributed by atoms with E-state index in [1.165, 1.54) is 6.92 Å². The smallest absolute Gasteiger partial charge is 0.275 e. The summed E-state index contributed by atoms with van der Waals surface area (Å²) in [5.74, 6) is 0.878. The number of imidazole rings is 1. The Morgan fingerprint density at radius 2 is 2.19 bits per heavy atom. The second kappa shape index (κ2) is 6.62. The number of likely N-dealkylation sites (tertiary alicyclic amines) is 1. The van der Waals surface area contributed by atoms with Gasteiger partial charge in [0.1, 0.15) is 5.82 Å². The first-order valence-corrected chi connectivity index (χ1v) is 8.62. The standard InChI is InChI=1S/C18H20N6O2/c1-11(25)19-8-13-9-20-17(21-13)12-6-7-24(10-12)18(26)16-14-4-2-3-5-15(14)22-23-16/h2-5,9,12H,6-8,10H2,1H3,(H,19,25)(H,20,21)(H,22,23). The molecule has 8 nitrogen and oxygen atoms in total. The van der Waals surface area contributed by atoms with Gasteiger partial charge in [-0.15, -0.1) is 0 Å². The summed E-state index contributed by atoms with van der Waals surface area (Å²) in [6.45, 7) is 3.19. The van der Waals surface area contributed by atoms with Crippen LogP contribution in [-0.2, 0) is 11.3 Å². The van der Waals surface area contributed by atoms with Gasteiger partial charge in [-0.05, 0) is 12.5 Å². The molecule has 1 aromatic carbocycles.